The molecular formula is C50H50N8O6S4. The number of aryl methyl sites for hydroxylation is 4. The minimum atomic E-state index is -0.215. The molecule has 0 fully saturated rings. The second-order valence-electron chi connectivity index (χ2n) is 15.6. The summed E-state index contributed by atoms with van der Waals surface area (Å²) in [6.45, 7) is 6.97. The molecule has 0 aliphatic heterocycles. The van der Waals surface area contributed by atoms with E-state index >= 15 is 0 Å². The Hall–Kier alpha value is -6.86. The van der Waals surface area contributed by atoms with Gasteiger partial charge in [-0.1, -0.05) is 144 Å². The molecule has 0 saturated carbocycles. The molecule has 4 aromatic heterocycles. The maximum Gasteiger partial charge on any atom is 0.226 e. The van der Waals surface area contributed by atoms with Crippen molar-refractivity contribution in [2.24, 2.45) is 0 Å². The second kappa shape index (κ2) is 24.2. The molecule has 0 atom stereocenters. The van der Waals surface area contributed by atoms with E-state index in [1.807, 2.05) is 48.5 Å². The number of amides is 2. The van der Waals surface area contributed by atoms with Crippen LogP contribution in [0.5, 0.6) is 0 Å². The molecule has 4 heterocycles. The van der Waals surface area contributed by atoms with Crippen LogP contribution in [0.25, 0.3) is 24.3 Å². The number of anilines is 4. The standard InChI is InChI=1S/C50H50N8O6S4/c1-29-43(65-47(51)53-29)37(59)25-21-33-13-17-35(18-14-33)23-27-39(61)45-31(3)55-49(67-45)57-41(63)11-9-7-5-6-8-10-12-42(64)58-50-56-32(4)46(68-50)40(62)28-24-36-19-15-34(16-20-36)22-26-38(60)44-30(2)54-48(52)66-44/h13-28H,5-12H2,1-4H3,(H2,51,53)(H2,52,54)(H,55,57,63)(H,56,58,64)/b25-21+,26-22+,27-23+,28-24+. The highest BCUT2D eigenvalue weighted by molar-refractivity contribution is 7.18. The molecule has 2 aromatic carbocycles. The highest BCUT2D eigenvalue weighted by atomic mass is 32.1. The molecule has 0 unspecified atom stereocenters. The van der Waals surface area contributed by atoms with Gasteiger partial charge in [-0.25, -0.2) is 19.9 Å². The van der Waals surface area contributed by atoms with E-state index in [1.165, 1.54) is 24.3 Å². The molecule has 14 nitrogen and oxygen atoms in total. The van der Waals surface area contributed by atoms with Gasteiger partial charge >= 0.3 is 0 Å². The number of unbranched alkanes of at least 4 members (excludes halogenated alkanes) is 5. The fourth-order valence-electron chi connectivity index (χ4n) is 6.72. The number of hydrogen-bond acceptors (Lipinski definition) is 16. The smallest absolute Gasteiger partial charge is 0.226 e. The lowest BCUT2D eigenvalue weighted by molar-refractivity contribution is -0.117. The van der Waals surface area contributed by atoms with E-state index in [9.17, 15) is 28.8 Å². The minimum absolute atomic E-state index is 0.161. The zero-order valence-corrected chi connectivity index (χ0v) is 41.2. The van der Waals surface area contributed by atoms with Crippen LogP contribution >= 0.6 is 45.3 Å². The van der Waals surface area contributed by atoms with Gasteiger partial charge in [0.2, 0.25) is 11.8 Å². The number of nitrogens with two attached hydrogens (primary N) is 2. The Balaban J connectivity index is 0.830. The molecule has 6 aromatic rings. The first kappa shape index (κ1) is 50.6. The van der Waals surface area contributed by atoms with Crippen LogP contribution in [0.3, 0.4) is 0 Å². The Kier molecular flexibility index (Phi) is 18.0. The number of allylic oxidation sites excluding steroid dienone is 4. The molecule has 0 bridgehead atoms. The van der Waals surface area contributed by atoms with Gasteiger partial charge in [0, 0.05) is 12.8 Å². The molecule has 0 radical (unpaired) electrons. The quantitative estimate of drug-likeness (QED) is 0.0267. The van der Waals surface area contributed by atoms with Crippen LogP contribution in [0.1, 0.15) is 135 Å². The molecule has 18 heteroatoms. The monoisotopic (exact) mass is 986 g/mol. The molecule has 6 rings (SSSR count). The number of hydrogen-bond donors (Lipinski definition) is 4. The minimum Gasteiger partial charge on any atom is -0.375 e. The molecule has 0 aliphatic carbocycles. The average molecular weight is 987 g/mol. The van der Waals surface area contributed by atoms with Crippen LogP contribution in [0.4, 0.5) is 20.5 Å². The van der Waals surface area contributed by atoms with E-state index in [4.69, 9.17) is 11.5 Å². The number of rotatable bonds is 23. The zero-order chi connectivity index (χ0) is 48.7. The van der Waals surface area contributed by atoms with Crippen molar-refractivity contribution in [1.29, 1.82) is 0 Å². The Morgan fingerprint density at radius 1 is 0.426 bits per heavy atom. The van der Waals surface area contributed by atoms with Gasteiger partial charge in [0.05, 0.1) is 42.3 Å². The van der Waals surface area contributed by atoms with Gasteiger partial charge in [-0.2, -0.15) is 0 Å². The van der Waals surface area contributed by atoms with E-state index in [2.05, 4.69) is 30.6 Å². The van der Waals surface area contributed by atoms with Crippen molar-refractivity contribution in [3.05, 3.63) is 137 Å². The van der Waals surface area contributed by atoms with Crippen molar-refractivity contribution in [2.45, 2.75) is 79.1 Å². The summed E-state index contributed by atoms with van der Waals surface area (Å²) in [6, 6.07) is 14.8. The average Bonchev–Trinajstić information content (AvgIpc) is 4.07. The van der Waals surface area contributed by atoms with Gasteiger partial charge < -0.3 is 22.1 Å². The molecule has 0 aliphatic rings. The predicted molar refractivity (Wildman–Crippen MR) is 277 cm³/mol. The maximum absolute atomic E-state index is 13.0. The summed E-state index contributed by atoms with van der Waals surface area (Å²) in [4.78, 5) is 95.2. The summed E-state index contributed by atoms with van der Waals surface area (Å²) in [5, 5.41) is 7.12. The first-order valence-corrected chi connectivity index (χ1v) is 25.0. The molecule has 6 N–H and O–H groups in total. The lowest BCUT2D eigenvalue weighted by atomic mass is 10.1. The summed E-state index contributed by atoms with van der Waals surface area (Å²) < 4.78 is 0. The number of ketones is 4. The summed E-state index contributed by atoms with van der Waals surface area (Å²) in [5.41, 5.74) is 17.0. The highest BCUT2D eigenvalue weighted by Crippen LogP contribution is 2.27. The van der Waals surface area contributed by atoms with Gasteiger partial charge in [0.15, 0.2) is 43.7 Å². The van der Waals surface area contributed by atoms with Gasteiger partial charge in [0.1, 0.15) is 0 Å². The first-order chi connectivity index (χ1) is 32.6. The number of carbonyl (C=O) groups excluding carboxylic acids is 6. The number of thiazole rings is 4. The van der Waals surface area contributed by atoms with Crippen LogP contribution in [-0.2, 0) is 9.59 Å². The molecular weight excluding hydrogens is 937 g/mol. The lowest BCUT2D eigenvalue weighted by Crippen LogP contribution is -2.11. The number of carbonyl (C=O) groups is 6. The number of nitrogens with one attached hydrogen (secondary N) is 2. The zero-order valence-electron chi connectivity index (χ0n) is 37.9. The van der Waals surface area contributed by atoms with Gasteiger partial charge in [-0.3, -0.25) is 28.8 Å². The van der Waals surface area contributed by atoms with Crippen molar-refractivity contribution < 1.29 is 28.8 Å². The van der Waals surface area contributed by atoms with Crippen molar-refractivity contribution in [1.82, 2.24) is 19.9 Å². The van der Waals surface area contributed by atoms with E-state index < -0.39 is 0 Å². The van der Waals surface area contributed by atoms with Crippen molar-refractivity contribution in [3.63, 3.8) is 0 Å². The van der Waals surface area contributed by atoms with E-state index in [-0.39, 0.29) is 34.9 Å². The van der Waals surface area contributed by atoms with Gasteiger partial charge in [-0.05, 0) is 87.1 Å². The predicted octanol–water partition coefficient (Wildman–Crippen LogP) is 11.2. The van der Waals surface area contributed by atoms with Crippen molar-refractivity contribution in [3.8, 4) is 0 Å². The fraction of sp³-hybridized carbons (Fsp3) is 0.240. The van der Waals surface area contributed by atoms with E-state index in [1.54, 1.807) is 52.0 Å². The molecule has 68 heavy (non-hydrogen) atoms. The number of nitrogen functional groups attached to an aromatic ring is 2. The number of benzene rings is 2. The number of nitrogens with zero attached hydrogens (tertiary/aromatic N) is 4. The third-order valence-electron chi connectivity index (χ3n) is 10.2. The highest BCUT2D eigenvalue weighted by Gasteiger charge is 2.17. The van der Waals surface area contributed by atoms with Crippen LogP contribution < -0.4 is 22.1 Å². The summed E-state index contributed by atoms with van der Waals surface area (Å²) in [5.74, 6) is -1.07. The van der Waals surface area contributed by atoms with Gasteiger partial charge in [-0.15, -0.1) is 0 Å². The lowest BCUT2D eigenvalue weighted by Gasteiger charge is -2.03. The molecule has 350 valence electrons. The Morgan fingerprint density at radius 3 is 0.971 bits per heavy atom. The molecule has 0 spiro atoms. The fourth-order valence-corrected chi connectivity index (χ4v) is 10.0. The normalized spacial score (nSPS) is 11.6. The summed E-state index contributed by atoms with van der Waals surface area (Å²) >= 11 is 4.61. The Morgan fingerprint density at radius 2 is 0.691 bits per heavy atom. The van der Waals surface area contributed by atoms with Crippen molar-refractivity contribution in [2.75, 3.05) is 22.1 Å². The first-order valence-electron chi connectivity index (χ1n) is 21.7. The topological polar surface area (TPSA) is 230 Å². The number of aromatic nitrogens is 4. The third-order valence-corrected chi connectivity index (χ3v) is 14.4. The van der Waals surface area contributed by atoms with E-state index in [0.29, 0.717) is 88.5 Å². The van der Waals surface area contributed by atoms with Crippen LogP contribution in [0.15, 0.2) is 72.8 Å². The van der Waals surface area contributed by atoms with Crippen LogP contribution in [-0.4, -0.2) is 54.9 Å². The molecule has 2 amide bonds. The summed E-state index contributed by atoms with van der Waals surface area (Å²) in [7, 11) is 0. The second-order valence-corrected chi connectivity index (χ2v) is 19.7. The largest absolute Gasteiger partial charge is 0.375 e. The Labute approximate surface area is 410 Å². The maximum atomic E-state index is 13.0. The van der Waals surface area contributed by atoms with Crippen LogP contribution in [0.2, 0.25) is 0 Å². The van der Waals surface area contributed by atoms with E-state index in [0.717, 1.165) is 93.3 Å². The third kappa shape index (κ3) is 14.8. The van der Waals surface area contributed by atoms with Crippen LogP contribution in [0, 0.1) is 27.7 Å². The SMILES string of the molecule is Cc1nc(N)sc1C(=O)/C=C/c1ccc(/C=C/C(=O)c2sc(NC(=O)CCCCCCCCC(=O)Nc3nc(C)c(C(=O)/C=C/c4ccc(/C=C/C(=O)c5sc(N)nc5C)cc4)s3)nc2C)cc1. The van der Waals surface area contributed by atoms with Gasteiger partial charge in [0.25, 0.3) is 0 Å². The Bertz CT molecular complexity index is 2740. The molecule has 0 saturated heterocycles. The van der Waals surface area contributed by atoms with Crippen molar-refractivity contribution >= 4 is 125 Å². The summed E-state index contributed by atoms with van der Waals surface area (Å²) in [6.07, 6.45) is 18.4.